The molecule has 0 aromatic carbocycles. The highest BCUT2D eigenvalue weighted by molar-refractivity contribution is 6.31. The smallest absolute Gasteiger partial charge is 0.313 e. The SMILES string of the molecule is O=c1[nH]cc(-c2cc([C@H]3C[C@@H]3C#Cc3ncccc3Cl)c(Cl)nn2)c(=O)[nH]1. The van der Waals surface area contributed by atoms with E-state index in [-0.39, 0.29) is 22.6 Å². The maximum atomic E-state index is 12.0. The van der Waals surface area contributed by atoms with Crippen molar-refractivity contribution in [2.24, 2.45) is 5.92 Å². The third kappa shape index (κ3) is 3.63. The highest BCUT2D eigenvalue weighted by Crippen LogP contribution is 2.49. The number of nitrogens with one attached hydrogen (secondary N) is 2. The Labute approximate surface area is 162 Å². The van der Waals surface area contributed by atoms with Gasteiger partial charge < -0.3 is 4.98 Å². The van der Waals surface area contributed by atoms with Crippen molar-refractivity contribution in [2.45, 2.75) is 12.3 Å². The summed E-state index contributed by atoms with van der Waals surface area (Å²) in [6, 6.07) is 5.19. The third-order valence-corrected chi connectivity index (χ3v) is 4.79. The zero-order valence-corrected chi connectivity index (χ0v) is 15.2. The molecule has 1 aliphatic carbocycles. The normalized spacial score (nSPS) is 17.9. The van der Waals surface area contributed by atoms with Gasteiger partial charge in [-0.1, -0.05) is 29.1 Å². The van der Waals surface area contributed by atoms with Crippen molar-refractivity contribution in [1.82, 2.24) is 25.1 Å². The van der Waals surface area contributed by atoms with E-state index in [1.807, 2.05) is 0 Å². The quantitative estimate of drug-likeness (QED) is 0.643. The van der Waals surface area contributed by atoms with Crippen LogP contribution in [0.4, 0.5) is 0 Å². The lowest BCUT2D eigenvalue weighted by Gasteiger charge is -2.04. The maximum Gasteiger partial charge on any atom is 0.325 e. The minimum Gasteiger partial charge on any atom is -0.313 e. The highest BCUT2D eigenvalue weighted by atomic mass is 35.5. The second-order valence-electron chi connectivity index (χ2n) is 6.01. The van der Waals surface area contributed by atoms with E-state index in [1.54, 1.807) is 24.4 Å². The number of aromatic amines is 2. The molecule has 27 heavy (non-hydrogen) atoms. The lowest BCUT2D eigenvalue weighted by molar-refractivity contribution is 0.953. The summed E-state index contributed by atoms with van der Waals surface area (Å²) in [6.45, 7) is 0. The fraction of sp³-hybridized carbons (Fsp3) is 0.167. The molecular formula is C18H11Cl2N5O2. The number of halogens is 2. The van der Waals surface area contributed by atoms with E-state index >= 15 is 0 Å². The van der Waals surface area contributed by atoms with Crippen LogP contribution in [0.3, 0.4) is 0 Å². The van der Waals surface area contributed by atoms with Crippen LogP contribution in [0, 0.1) is 17.8 Å². The van der Waals surface area contributed by atoms with Gasteiger partial charge in [0, 0.05) is 24.2 Å². The Morgan fingerprint density at radius 1 is 1.22 bits per heavy atom. The van der Waals surface area contributed by atoms with Gasteiger partial charge >= 0.3 is 5.69 Å². The molecule has 2 atom stereocenters. The van der Waals surface area contributed by atoms with E-state index in [0.29, 0.717) is 16.4 Å². The van der Waals surface area contributed by atoms with Crippen LogP contribution in [0.25, 0.3) is 11.3 Å². The summed E-state index contributed by atoms with van der Waals surface area (Å²) in [5, 5.41) is 8.66. The zero-order chi connectivity index (χ0) is 19.0. The second-order valence-corrected chi connectivity index (χ2v) is 6.78. The molecule has 3 heterocycles. The fourth-order valence-corrected chi connectivity index (χ4v) is 3.12. The first-order valence-corrected chi connectivity index (χ1v) is 8.76. The molecule has 0 saturated heterocycles. The molecule has 1 saturated carbocycles. The minimum absolute atomic E-state index is 0.0866. The van der Waals surface area contributed by atoms with Crippen LogP contribution in [-0.4, -0.2) is 25.1 Å². The van der Waals surface area contributed by atoms with Gasteiger partial charge in [0.2, 0.25) is 0 Å². The minimum atomic E-state index is -0.586. The van der Waals surface area contributed by atoms with Crippen molar-refractivity contribution in [2.75, 3.05) is 0 Å². The Morgan fingerprint density at radius 3 is 2.85 bits per heavy atom. The fourth-order valence-electron chi connectivity index (χ4n) is 2.72. The summed E-state index contributed by atoms with van der Waals surface area (Å²) in [5.74, 6) is 6.31. The Balaban J connectivity index is 1.62. The van der Waals surface area contributed by atoms with Gasteiger partial charge in [0.25, 0.3) is 5.56 Å². The molecule has 2 N–H and O–H groups in total. The number of hydrogen-bond donors (Lipinski definition) is 2. The summed E-state index contributed by atoms with van der Waals surface area (Å²) < 4.78 is 0. The number of H-pyrrole nitrogens is 2. The van der Waals surface area contributed by atoms with Crippen LogP contribution < -0.4 is 11.2 Å². The molecule has 0 unspecified atom stereocenters. The van der Waals surface area contributed by atoms with Crippen molar-refractivity contribution in [1.29, 1.82) is 0 Å². The molecule has 0 radical (unpaired) electrons. The molecule has 1 fully saturated rings. The summed E-state index contributed by atoms with van der Waals surface area (Å²) in [5.41, 5.74) is 0.708. The van der Waals surface area contributed by atoms with Gasteiger partial charge in [0.1, 0.15) is 11.4 Å². The van der Waals surface area contributed by atoms with Crippen LogP contribution in [0.5, 0.6) is 0 Å². The summed E-state index contributed by atoms with van der Waals surface area (Å²) in [4.78, 5) is 31.8. The number of nitrogens with zero attached hydrogens (tertiary/aromatic N) is 3. The van der Waals surface area contributed by atoms with Crippen LogP contribution in [-0.2, 0) is 0 Å². The Bertz CT molecular complexity index is 1210. The first-order valence-electron chi connectivity index (χ1n) is 8.00. The zero-order valence-electron chi connectivity index (χ0n) is 13.7. The lowest BCUT2D eigenvalue weighted by atomic mass is 10.1. The Kier molecular flexibility index (Phi) is 4.52. The lowest BCUT2D eigenvalue weighted by Crippen LogP contribution is -2.23. The van der Waals surface area contributed by atoms with E-state index in [0.717, 1.165) is 12.0 Å². The predicted molar refractivity (Wildman–Crippen MR) is 101 cm³/mol. The van der Waals surface area contributed by atoms with Gasteiger partial charge in [0.15, 0.2) is 5.15 Å². The maximum absolute atomic E-state index is 12.0. The predicted octanol–water partition coefficient (Wildman–Crippen LogP) is 2.38. The number of rotatable bonds is 2. The Hall–Kier alpha value is -2.95. The van der Waals surface area contributed by atoms with Gasteiger partial charge in [-0.05, 0) is 36.1 Å². The first kappa shape index (κ1) is 17.5. The van der Waals surface area contributed by atoms with Gasteiger partial charge in [-0.2, -0.15) is 0 Å². The average Bonchev–Trinajstić information content (AvgIpc) is 3.41. The number of pyridine rings is 1. The van der Waals surface area contributed by atoms with E-state index < -0.39 is 11.2 Å². The molecule has 4 rings (SSSR count). The number of hydrogen-bond acceptors (Lipinski definition) is 5. The topological polar surface area (TPSA) is 104 Å². The van der Waals surface area contributed by atoms with Crippen LogP contribution in [0.2, 0.25) is 10.2 Å². The highest BCUT2D eigenvalue weighted by Gasteiger charge is 2.39. The van der Waals surface area contributed by atoms with Crippen LogP contribution >= 0.6 is 23.2 Å². The summed E-state index contributed by atoms with van der Waals surface area (Å²) in [7, 11) is 0. The molecule has 9 heteroatoms. The van der Waals surface area contributed by atoms with Crippen molar-refractivity contribution in [3.05, 3.63) is 72.9 Å². The van der Waals surface area contributed by atoms with Crippen molar-refractivity contribution in [3.8, 4) is 23.1 Å². The average molecular weight is 400 g/mol. The molecule has 134 valence electrons. The third-order valence-electron chi connectivity index (χ3n) is 4.20. The van der Waals surface area contributed by atoms with Gasteiger partial charge in [-0.3, -0.25) is 9.78 Å². The molecule has 7 nitrogen and oxygen atoms in total. The summed E-state index contributed by atoms with van der Waals surface area (Å²) in [6.07, 6.45) is 3.75. The largest absolute Gasteiger partial charge is 0.325 e. The van der Waals surface area contributed by atoms with Gasteiger partial charge in [-0.25, -0.2) is 9.78 Å². The standard InChI is InChI=1S/C18H11Cl2N5O2/c19-13-2-1-5-21-14(13)4-3-9-6-10(9)11-7-15(24-25-16(11)20)12-8-22-18(27)23-17(12)26/h1-2,5,7-10H,6H2,(H2,22,23,26,27)/t9-,10-/m0/s1. The van der Waals surface area contributed by atoms with E-state index in [4.69, 9.17) is 23.2 Å². The van der Waals surface area contributed by atoms with Crippen molar-refractivity contribution >= 4 is 23.2 Å². The van der Waals surface area contributed by atoms with Crippen molar-refractivity contribution in [3.63, 3.8) is 0 Å². The molecule has 0 amide bonds. The van der Waals surface area contributed by atoms with Crippen LogP contribution in [0.15, 0.2) is 40.2 Å². The van der Waals surface area contributed by atoms with E-state index in [2.05, 4.69) is 37.0 Å². The monoisotopic (exact) mass is 399 g/mol. The molecule has 0 spiro atoms. The van der Waals surface area contributed by atoms with Crippen molar-refractivity contribution < 1.29 is 0 Å². The molecule has 3 aromatic heterocycles. The van der Waals surface area contributed by atoms with Gasteiger partial charge in [-0.15, -0.1) is 10.2 Å². The number of aromatic nitrogens is 5. The first-order chi connectivity index (χ1) is 13.0. The molecule has 1 aliphatic rings. The molecular weight excluding hydrogens is 389 g/mol. The van der Waals surface area contributed by atoms with Gasteiger partial charge in [0.05, 0.1) is 10.6 Å². The Morgan fingerprint density at radius 2 is 2.07 bits per heavy atom. The molecule has 0 aliphatic heterocycles. The van der Waals surface area contributed by atoms with E-state index in [1.165, 1.54) is 6.20 Å². The van der Waals surface area contributed by atoms with E-state index in [9.17, 15) is 9.59 Å². The second kappa shape index (κ2) is 6.99. The molecule has 0 bridgehead atoms. The summed E-state index contributed by atoms with van der Waals surface area (Å²) >= 11 is 12.3. The molecule has 3 aromatic rings. The van der Waals surface area contributed by atoms with Crippen LogP contribution in [0.1, 0.15) is 23.6 Å².